The third-order valence-corrected chi connectivity index (χ3v) is 2.79. The van der Waals surface area contributed by atoms with Crippen LogP contribution in [0.5, 0.6) is 0 Å². The third kappa shape index (κ3) is 7.83. The maximum atomic E-state index is 11.2. The van der Waals surface area contributed by atoms with Gasteiger partial charge in [0.15, 0.2) is 11.1 Å². The summed E-state index contributed by atoms with van der Waals surface area (Å²) in [6.45, 7) is 0.243. The van der Waals surface area contributed by atoms with E-state index in [0.717, 1.165) is 0 Å². The number of aromatic nitrogens is 2. The lowest BCUT2D eigenvalue weighted by Crippen LogP contribution is -2.22. The second-order valence-corrected chi connectivity index (χ2v) is 4.92. The molecule has 1 rings (SSSR count). The zero-order valence-electron chi connectivity index (χ0n) is 11.3. The molecule has 7 heteroatoms. The average Bonchev–Trinajstić information content (AvgIpc) is 2.46. The Balaban J connectivity index is 2.33. The van der Waals surface area contributed by atoms with Crippen molar-refractivity contribution in [3.05, 3.63) is 23.8 Å². The summed E-state index contributed by atoms with van der Waals surface area (Å²) in [7, 11) is 0. The largest absolute Gasteiger partial charge is 0.345 e. The Kier molecular flexibility index (Phi) is 7.73. The van der Waals surface area contributed by atoms with E-state index in [1.165, 1.54) is 12.4 Å². The predicted octanol–water partition coefficient (Wildman–Crippen LogP) is 0.469. The Hall–Kier alpha value is -2.22. The van der Waals surface area contributed by atoms with Crippen LogP contribution in [0.1, 0.15) is 30.7 Å². The van der Waals surface area contributed by atoms with Gasteiger partial charge in [-0.05, 0) is 6.42 Å². The normalized spacial score (nSPS) is 10.9. The number of hydrogen-bond donors (Lipinski definition) is 2. The first-order valence-corrected chi connectivity index (χ1v) is 7.47. The van der Waals surface area contributed by atoms with Crippen LogP contribution in [0.3, 0.4) is 0 Å². The quantitative estimate of drug-likeness (QED) is 0.453. The molecule has 0 saturated heterocycles. The molecule has 0 saturated carbocycles. The number of terminal acetylenes is 1. The van der Waals surface area contributed by atoms with Crippen LogP contribution < -0.4 is 5.32 Å². The minimum Gasteiger partial charge on any atom is -0.345 e. The first-order valence-electron chi connectivity index (χ1n) is 6.19. The lowest BCUT2D eigenvalue weighted by molar-refractivity contribution is -0.120. The standard InChI is InChI=1S/C14H15N3O3S/c1-2-8-15-14(18)7-5-3-4-6-12-9-16-13(17-10-12)11-21(19)20/h1,9-10H,3,5,7-8,11H2,(H,15,18)(H,19,20). The van der Waals surface area contributed by atoms with Crippen LogP contribution in [0.25, 0.3) is 0 Å². The van der Waals surface area contributed by atoms with E-state index in [4.69, 9.17) is 11.0 Å². The van der Waals surface area contributed by atoms with Crippen molar-refractivity contribution in [2.75, 3.05) is 6.54 Å². The highest BCUT2D eigenvalue weighted by Crippen LogP contribution is 1.98. The first kappa shape index (κ1) is 16.8. The summed E-state index contributed by atoms with van der Waals surface area (Å²) >= 11 is -1.95. The monoisotopic (exact) mass is 305 g/mol. The van der Waals surface area contributed by atoms with Gasteiger partial charge in [-0.25, -0.2) is 14.2 Å². The fourth-order valence-corrected chi connectivity index (χ4v) is 1.71. The lowest BCUT2D eigenvalue weighted by atomic mass is 10.2. The molecule has 0 aliphatic heterocycles. The van der Waals surface area contributed by atoms with Crippen molar-refractivity contribution in [3.63, 3.8) is 0 Å². The van der Waals surface area contributed by atoms with Crippen LogP contribution in [0.4, 0.5) is 0 Å². The van der Waals surface area contributed by atoms with Crippen LogP contribution >= 0.6 is 0 Å². The summed E-state index contributed by atoms with van der Waals surface area (Å²) < 4.78 is 19.3. The minimum absolute atomic E-state index is 0.0839. The summed E-state index contributed by atoms with van der Waals surface area (Å²) in [5.74, 6) is 8.22. The van der Waals surface area contributed by atoms with E-state index in [9.17, 15) is 9.00 Å². The third-order valence-electron chi connectivity index (χ3n) is 2.28. The van der Waals surface area contributed by atoms with Crippen LogP contribution in [-0.2, 0) is 21.6 Å². The van der Waals surface area contributed by atoms with Gasteiger partial charge in [0.05, 0.1) is 12.1 Å². The van der Waals surface area contributed by atoms with E-state index in [0.29, 0.717) is 30.7 Å². The molecule has 1 unspecified atom stereocenters. The number of carbonyl (C=O) groups excluding carboxylic acids is 1. The fourth-order valence-electron chi connectivity index (χ4n) is 1.34. The number of carbonyl (C=O) groups is 1. The molecule has 6 nitrogen and oxygen atoms in total. The van der Waals surface area contributed by atoms with E-state index in [1.807, 2.05) is 0 Å². The van der Waals surface area contributed by atoms with Gasteiger partial charge in [0.25, 0.3) is 0 Å². The van der Waals surface area contributed by atoms with Crippen molar-refractivity contribution in [1.29, 1.82) is 0 Å². The van der Waals surface area contributed by atoms with Gasteiger partial charge in [0.1, 0.15) is 11.6 Å². The second-order valence-electron chi connectivity index (χ2n) is 3.99. The fraction of sp³-hybridized carbons (Fsp3) is 0.357. The molecule has 1 amide bonds. The average molecular weight is 305 g/mol. The number of amides is 1. The van der Waals surface area contributed by atoms with E-state index < -0.39 is 11.1 Å². The van der Waals surface area contributed by atoms with Gasteiger partial charge < -0.3 is 9.87 Å². The number of nitrogens with one attached hydrogen (secondary N) is 1. The molecule has 0 aliphatic rings. The number of hydrogen-bond acceptors (Lipinski definition) is 4. The number of nitrogens with zero attached hydrogens (tertiary/aromatic N) is 2. The molecule has 0 spiro atoms. The number of rotatable bonds is 6. The van der Waals surface area contributed by atoms with Crippen molar-refractivity contribution in [1.82, 2.24) is 15.3 Å². The Labute approximate surface area is 126 Å². The molecular weight excluding hydrogens is 290 g/mol. The minimum atomic E-state index is -1.95. The van der Waals surface area contributed by atoms with Crippen LogP contribution in [0.2, 0.25) is 0 Å². The van der Waals surface area contributed by atoms with Crippen molar-refractivity contribution < 1.29 is 13.6 Å². The molecule has 1 aromatic rings. The van der Waals surface area contributed by atoms with Crippen LogP contribution in [0, 0.1) is 24.2 Å². The molecule has 21 heavy (non-hydrogen) atoms. The van der Waals surface area contributed by atoms with Crippen molar-refractivity contribution in [2.45, 2.75) is 25.0 Å². The molecule has 1 atom stereocenters. The molecule has 0 bridgehead atoms. The summed E-state index contributed by atoms with van der Waals surface area (Å²) in [6.07, 6.45) is 9.63. The highest BCUT2D eigenvalue weighted by molar-refractivity contribution is 7.78. The van der Waals surface area contributed by atoms with Gasteiger partial charge in [-0.15, -0.1) is 6.42 Å². The van der Waals surface area contributed by atoms with Gasteiger partial charge in [0, 0.05) is 25.2 Å². The molecule has 0 radical (unpaired) electrons. The highest BCUT2D eigenvalue weighted by Gasteiger charge is 2.00. The van der Waals surface area contributed by atoms with Gasteiger partial charge in [-0.2, -0.15) is 0 Å². The summed E-state index contributed by atoms with van der Waals surface area (Å²) in [5.41, 5.74) is 0.624. The first-order chi connectivity index (χ1) is 10.1. The molecular formula is C14H15N3O3S. The van der Waals surface area contributed by atoms with Crippen LogP contribution in [0.15, 0.2) is 12.4 Å². The van der Waals surface area contributed by atoms with E-state index in [-0.39, 0.29) is 18.2 Å². The molecule has 1 heterocycles. The van der Waals surface area contributed by atoms with Crippen molar-refractivity contribution in [3.8, 4) is 24.2 Å². The van der Waals surface area contributed by atoms with Gasteiger partial charge in [-0.1, -0.05) is 17.8 Å². The van der Waals surface area contributed by atoms with Crippen LogP contribution in [-0.4, -0.2) is 31.2 Å². The zero-order valence-corrected chi connectivity index (χ0v) is 12.2. The van der Waals surface area contributed by atoms with Crippen molar-refractivity contribution >= 4 is 17.0 Å². The molecule has 0 aromatic carbocycles. The highest BCUT2D eigenvalue weighted by atomic mass is 32.2. The molecule has 0 aliphatic carbocycles. The smallest absolute Gasteiger partial charge is 0.220 e. The Morgan fingerprint density at radius 3 is 2.76 bits per heavy atom. The Morgan fingerprint density at radius 2 is 2.14 bits per heavy atom. The summed E-state index contributed by atoms with van der Waals surface area (Å²) in [4.78, 5) is 19.1. The predicted molar refractivity (Wildman–Crippen MR) is 79.1 cm³/mol. The lowest BCUT2D eigenvalue weighted by Gasteiger charge is -1.98. The molecule has 0 fully saturated rings. The molecule has 1 aromatic heterocycles. The Morgan fingerprint density at radius 1 is 1.43 bits per heavy atom. The molecule has 2 N–H and O–H groups in total. The SMILES string of the molecule is C#CCNC(=O)CCCC#Cc1cnc(CS(=O)O)nc1. The van der Waals surface area contributed by atoms with Gasteiger partial charge in [0.2, 0.25) is 5.91 Å². The number of unbranched alkanes of at least 4 members (excludes halogenated alkanes) is 1. The topological polar surface area (TPSA) is 92.2 Å². The Bertz CT molecular complexity index is 597. The maximum Gasteiger partial charge on any atom is 0.220 e. The maximum absolute atomic E-state index is 11.2. The van der Waals surface area contributed by atoms with E-state index in [1.54, 1.807) is 0 Å². The summed E-state index contributed by atoms with van der Waals surface area (Å²) in [6, 6.07) is 0. The zero-order chi connectivity index (χ0) is 15.5. The van der Waals surface area contributed by atoms with Crippen molar-refractivity contribution in [2.24, 2.45) is 0 Å². The van der Waals surface area contributed by atoms with E-state index in [2.05, 4.69) is 33.0 Å². The second kappa shape index (κ2) is 9.65. The van der Waals surface area contributed by atoms with Gasteiger partial charge in [-0.3, -0.25) is 4.79 Å². The molecule has 110 valence electrons. The van der Waals surface area contributed by atoms with E-state index >= 15 is 0 Å². The summed E-state index contributed by atoms with van der Waals surface area (Å²) in [5, 5.41) is 2.57. The van der Waals surface area contributed by atoms with Gasteiger partial charge >= 0.3 is 0 Å².